The van der Waals surface area contributed by atoms with Crippen molar-refractivity contribution in [3.63, 3.8) is 0 Å². The first-order valence-electron chi connectivity index (χ1n) is 8.83. The van der Waals surface area contributed by atoms with Gasteiger partial charge in [0.1, 0.15) is 10.0 Å². The Morgan fingerprint density at radius 2 is 1.84 bits per heavy atom. The molecule has 0 aliphatic rings. The molecule has 2 aromatic heterocycles. The molecule has 0 radical (unpaired) electrons. The molecule has 8 nitrogen and oxygen atoms in total. The molecule has 11 heteroatoms. The van der Waals surface area contributed by atoms with Gasteiger partial charge in [-0.3, -0.25) is 4.72 Å². The molecular formula is C20H16FN3O5S2. The fraction of sp³-hybridized carbons (Fsp3) is 0.100. The van der Waals surface area contributed by atoms with Crippen LogP contribution in [0, 0.1) is 5.82 Å². The number of thiophene rings is 1. The molecule has 0 bridgehead atoms. The van der Waals surface area contributed by atoms with E-state index in [2.05, 4.69) is 14.9 Å². The van der Waals surface area contributed by atoms with E-state index in [0.717, 1.165) is 11.3 Å². The van der Waals surface area contributed by atoms with E-state index < -0.39 is 15.8 Å². The fourth-order valence-electron chi connectivity index (χ4n) is 2.76. The van der Waals surface area contributed by atoms with Crippen LogP contribution >= 0.6 is 11.3 Å². The zero-order valence-electron chi connectivity index (χ0n) is 16.3. The lowest BCUT2D eigenvalue weighted by molar-refractivity contribution is 0.355. The summed E-state index contributed by atoms with van der Waals surface area (Å²) in [5.41, 5.74) is 1.21. The van der Waals surface area contributed by atoms with Crippen molar-refractivity contribution in [2.75, 3.05) is 18.9 Å². The second-order valence-corrected chi connectivity index (χ2v) is 9.08. The van der Waals surface area contributed by atoms with Crippen LogP contribution in [-0.2, 0) is 10.0 Å². The highest BCUT2D eigenvalue weighted by molar-refractivity contribution is 7.94. The predicted octanol–water partition coefficient (Wildman–Crippen LogP) is 4.42. The summed E-state index contributed by atoms with van der Waals surface area (Å²) in [6, 6.07) is 11.9. The lowest BCUT2D eigenvalue weighted by atomic mass is 10.2. The van der Waals surface area contributed by atoms with Crippen LogP contribution in [0.25, 0.3) is 22.8 Å². The van der Waals surface area contributed by atoms with Crippen LogP contribution in [0.1, 0.15) is 0 Å². The van der Waals surface area contributed by atoms with E-state index >= 15 is 0 Å². The van der Waals surface area contributed by atoms with Crippen molar-refractivity contribution in [2.45, 2.75) is 4.21 Å². The molecule has 0 spiro atoms. The minimum Gasteiger partial charge on any atom is -0.493 e. The molecule has 31 heavy (non-hydrogen) atoms. The number of nitrogens with zero attached hydrogens (tertiary/aromatic N) is 2. The molecule has 160 valence electrons. The normalized spacial score (nSPS) is 11.3. The highest BCUT2D eigenvalue weighted by Crippen LogP contribution is 2.33. The van der Waals surface area contributed by atoms with Gasteiger partial charge in [-0.25, -0.2) is 12.8 Å². The molecule has 4 rings (SSSR count). The lowest BCUT2D eigenvalue weighted by Crippen LogP contribution is -2.11. The summed E-state index contributed by atoms with van der Waals surface area (Å²) in [6.07, 6.45) is 0. The number of methoxy groups -OCH3 is 2. The number of nitrogens with one attached hydrogen (secondary N) is 1. The summed E-state index contributed by atoms with van der Waals surface area (Å²) in [6.45, 7) is 0. The summed E-state index contributed by atoms with van der Waals surface area (Å²) in [4.78, 5) is 4.23. The van der Waals surface area contributed by atoms with Crippen molar-refractivity contribution in [3.05, 3.63) is 59.7 Å². The third kappa shape index (κ3) is 4.37. The number of anilines is 1. The molecular weight excluding hydrogens is 445 g/mol. The molecule has 4 aromatic rings. The Labute approximate surface area is 181 Å². The van der Waals surface area contributed by atoms with Crippen molar-refractivity contribution in [3.8, 4) is 34.3 Å². The number of halogens is 1. The molecule has 0 saturated carbocycles. The van der Waals surface area contributed by atoms with E-state index in [1.54, 1.807) is 23.6 Å². The minimum absolute atomic E-state index is 0.0581. The van der Waals surface area contributed by atoms with Crippen LogP contribution in [0.5, 0.6) is 11.5 Å². The number of benzene rings is 2. The Hall–Kier alpha value is -3.44. The van der Waals surface area contributed by atoms with Crippen molar-refractivity contribution < 1.29 is 26.8 Å². The van der Waals surface area contributed by atoms with Gasteiger partial charge in [0.05, 0.1) is 25.5 Å². The highest BCUT2D eigenvalue weighted by atomic mass is 32.2. The van der Waals surface area contributed by atoms with Crippen LogP contribution in [0.4, 0.5) is 10.1 Å². The number of ether oxygens (including phenoxy) is 2. The Kier molecular flexibility index (Phi) is 5.61. The van der Waals surface area contributed by atoms with Gasteiger partial charge in [0.2, 0.25) is 5.82 Å². The molecule has 2 heterocycles. The number of sulfonamides is 1. The second-order valence-electron chi connectivity index (χ2n) is 6.26. The van der Waals surface area contributed by atoms with Crippen molar-refractivity contribution >= 4 is 27.0 Å². The number of hydrogen-bond donors (Lipinski definition) is 1. The Morgan fingerprint density at radius 1 is 1.03 bits per heavy atom. The SMILES string of the molecule is COc1ccc(NS(=O)(=O)c2cc(-c3nc(-c4cccc(F)c4)no3)cs2)cc1OC. The van der Waals surface area contributed by atoms with Crippen LogP contribution in [0.3, 0.4) is 0 Å². The maximum atomic E-state index is 13.4. The van der Waals surface area contributed by atoms with Gasteiger partial charge in [0, 0.05) is 17.0 Å². The van der Waals surface area contributed by atoms with Gasteiger partial charge < -0.3 is 14.0 Å². The molecule has 0 aliphatic heterocycles. The first-order chi connectivity index (χ1) is 14.9. The van der Waals surface area contributed by atoms with E-state index in [-0.39, 0.29) is 15.9 Å². The van der Waals surface area contributed by atoms with Gasteiger partial charge in [-0.2, -0.15) is 4.98 Å². The van der Waals surface area contributed by atoms with Crippen LogP contribution in [0.15, 0.2) is 62.6 Å². The maximum Gasteiger partial charge on any atom is 0.271 e. The monoisotopic (exact) mass is 461 g/mol. The summed E-state index contributed by atoms with van der Waals surface area (Å²) in [5, 5.41) is 5.43. The topological polar surface area (TPSA) is 104 Å². The molecule has 0 aliphatic carbocycles. The Bertz CT molecular complexity index is 1330. The fourth-order valence-corrected chi connectivity index (χ4v) is 4.96. The lowest BCUT2D eigenvalue weighted by Gasteiger charge is -2.11. The van der Waals surface area contributed by atoms with Crippen molar-refractivity contribution in [2.24, 2.45) is 0 Å². The average Bonchev–Trinajstić information content (AvgIpc) is 3.43. The van der Waals surface area contributed by atoms with Gasteiger partial charge in [-0.1, -0.05) is 17.3 Å². The standard InChI is InChI=1S/C20H16FN3O5S2/c1-27-16-7-6-15(10-17(16)28-2)24-31(25,26)18-9-13(11-30-18)20-22-19(23-29-20)12-4-3-5-14(21)8-12/h3-11,24H,1-2H3. The van der Waals surface area contributed by atoms with E-state index in [9.17, 15) is 12.8 Å². The summed E-state index contributed by atoms with van der Waals surface area (Å²) >= 11 is 1.00. The van der Waals surface area contributed by atoms with E-state index in [1.165, 1.54) is 44.6 Å². The predicted molar refractivity (Wildman–Crippen MR) is 113 cm³/mol. The Morgan fingerprint density at radius 3 is 2.58 bits per heavy atom. The first-order valence-corrected chi connectivity index (χ1v) is 11.2. The molecule has 0 atom stereocenters. The van der Waals surface area contributed by atoms with Gasteiger partial charge in [-0.05, 0) is 30.3 Å². The number of rotatable bonds is 7. The first kappa shape index (κ1) is 20.8. The average molecular weight is 461 g/mol. The quantitative estimate of drug-likeness (QED) is 0.434. The molecule has 0 amide bonds. The Balaban J connectivity index is 1.57. The van der Waals surface area contributed by atoms with Gasteiger partial charge in [-0.15, -0.1) is 11.3 Å². The van der Waals surface area contributed by atoms with E-state index in [1.807, 2.05) is 0 Å². The van der Waals surface area contributed by atoms with Gasteiger partial charge in [0.25, 0.3) is 15.9 Å². The van der Waals surface area contributed by atoms with E-state index in [0.29, 0.717) is 28.3 Å². The third-order valence-electron chi connectivity index (χ3n) is 4.23. The zero-order valence-corrected chi connectivity index (χ0v) is 18.0. The molecule has 0 unspecified atom stereocenters. The highest BCUT2D eigenvalue weighted by Gasteiger charge is 2.21. The molecule has 2 aromatic carbocycles. The summed E-state index contributed by atoms with van der Waals surface area (Å²) < 4.78 is 57.1. The van der Waals surface area contributed by atoms with Crippen LogP contribution < -0.4 is 14.2 Å². The van der Waals surface area contributed by atoms with E-state index in [4.69, 9.17) is 14.0 Å². The van der Waals surface area contributed by atoms with Gasteiger partial charge >= 0.3 is 0 Å². The largest absolute Gasteiger partial charge is 0.493 e. The van der Waals surface area contributed by atoms with Gasteiger partial charge in [0.15, 0.2) is 11.5 Å². The summed E-state index contributed by atoms with van der Waals surface area (Å²) in [7, 11) is -0.909. The minimum atomic E-state index is -3.86. The maximum absolute atomic E-state index is 13.4. The summed E-state index contributed by atoms with van der Waals surface area (Å²) in [5.74, 6) is 0.783. The van der Waals surface area contributed by atoms with Crippen LogP contribution in [0.2, 0.25) is 0 Å². The zero-order chi connectivity index (χ0) is 22.0. The molecule has 0 saturated heterocycles. The number of hydrogen-bond acceptors (Lipinski definition) is 8. The third-order valence-corrected chi connectivity index (χ3v) is 7.05. The molecule has 0 fully saturated rings. The number of aromatic nitrogens is 2. The second kappa shape index (κ2) is 8.36. The van der Waals surface area contributed by atoms with Crippen LogP contribution in [-0.4, -0.2) is 32.8 Å². The van der Waals surface area contributed by atoms with Crippen molar-refractivity contribution in [1.29, 1.82) is 0 Å². The molecule has 1 N–H and O–H groups in total. The van der Waals surface area contributed by atoms with Crippen molar-refractivity contribution in [1.82, 2.24) is 10.1 Å². The smallest absolute Gasteiger partial charge is 0.271 e.